The van der Waals surface area contributed by atoms with Crippen LogP contribution < -0.4 is 14.4 Å². The molecule has 2 aliphatic rings. The first kappa shape index (κ1) is 24.4. The number of aromatic nitrogens is 2. The smallest absolute Gasteiger partial charge is 0.281 e. The number of nitrogens with one attached hydrogen (secondary N) is 1. The highest BCUT2D eigenvalue weighted by molar-refractivity contribution is 7.90. The molecule has 3 heterocycles. The summed E-state index contributed by atoms with van der Waals surface area (Å²) in [5.74, 6) is 0.465. The molecule has 1 N–H and O–H groups in total. The number of sulfonamides is 1. The molecule has 1 atom stereocenters. The molecule has 0 radical (unpaired) electrons. The molecule has 34 heavy (non-hydrogen) atoms. The Morgan fingerprint density at radius 1 is 1.15 bits per heavy atom. The van der Waals surface area contributed by atoms with Crippen molar-refractivity contribution in [1.82, 2.24) is 14.7 Å². The van der Waals surface area contributed by atoms with Gasteiger partial charge in [0.25, 0.3) is 15.9 Å². The minimum absolute atomic E-state index is 0. The van der Waals surface area contributed by atoms with E-state index in [1.807, 2.05) is 0 Å². The molecule has 0 spiro atoms. The van der Waals surface area contributed by atoms with Gasteiger partial charge in [0.05, 0.1) is 5.56 Å². The molecule has 1 saturated carbocycles. The average Bonchev–Trinajstić information content (AvgIpc) is 2.94. The van der Waals surface area contributed by atoms with E-state index in [2.05, 4.69) is 40.4 Å². The number of anilines is 1. The molecule has 1 aliphatic carbocycles. The summed E-state index contributed by atoms with van der Waals surface area (Å²) in [7, 11) is -4.19. The van der Waals surface area contributed by atoms with Crippen molar-refractivity contribution in [3.8, 4) is 5.88 Å². The molecule has 2 fully saturated rings. The number of pyridine rings is 2. The van der Waals surface area contributed by atoms with Crippen LogP contribution in [-0.4, -0.2) is 42.5 Å². The lowest BCUT2D eigenvalue weighted by Gasteiger charge is -2.33. The Hall–Kier alpha value is -2.68. The van der Waals surface area contributed by atoms with Gasteiger partial charge in [0.1, 0.15) is 11.9 Å². The van der Waals surface area contributed by atoms with Crippen molar-refractivity contribution in [2.45, 2.75) is 82.4 Å². The summed E-state index contributed by atoms with van der Waals surface area (Å²) in [4.78, 5) is 23.8. The zero-order chi connectivity index (χ0) is 24.3. The second-order valence-electron chi connectivity index (χ2n) is 10.1. The van der Waals surface area contributed by atoms with Crippen molar-refractivity contribution >= 4 is 21.7 Å². The molecule has 1 unspecified atom stereocenters. The van der Waals surface area contributed by atoms with Gasteiger partial charge in [0, 0.05) is 25.8 Å². The first-order chi connectivity index (χ1) is 16.2. The molecule has 2 aromatic rings. The lowest BCUT2D eigenvalue weighted by molar-refractivity contribution is 0.0981. The van der Waals surface area contributed by atoms with Crippen molar-refractivity contribution in [1.29, 1.82) is 0 Å². The lowest BCUT2D eigenvalue weighted by atomic mass is 9.97. The van der Waals surface area contributed by atoms with Crippen LogP contribution in [0.4, 0.5) is 5.82 Å². The van der Waals surface area contributed by atoms with Crippen LogP contribution in [0.5, 0.6) is 5.88 Å². The molecular formula is C25H36N4O4S. The fraction of sp³-hybridized carbons (Fsp3) is 0.560. The van der Waals surface area contributed by atoms with Crippen LogP contribution in [0, 0.1) is 5.92 Å². The second-order valence-corrected chi connectivity index (χ2v) is 11.7. The zero-order valence-electron chi connectivity index (χ0n) is 20.2. The molecular weight excluding hydrogens is 452 g/mol. The van der Waals surface area contributed by atoms with Gasteiger partial charge in [-0.3, -0.25) is 4.79 Å². The summed E-state index contributed by atoms with van der Waals surface area (Å²) in [5, 5.41) is -0.243. The first-order valence-corrected chi connectivity index (χ1v) is 13.6. The Morgan fingerprint density at radius 3 is 2.56 bits per heavy atom. The van der Waals surface area contributed by atoms with Crippen molar-refractivity contribution < 1.29 is 19.4 Å². The molecule has 1 aliphatic heterocycles. The quantitative estimate of drug-likeness (QED) is 0.594. The van der Waals surface area contributed by atoms with Gasteiger partial charge in [0.2, 0.25) is 5.88 Å². The van der Waals surface area contributed by atoms with Crippen molar-refractivity contribution in [3.63, 3.8) is 0 Å². The Kier molecular flexibility index (Phi) is 7.12. The van der Waals surface area contributed by atoms with Crippen molar-refractivity contribution in [2.24, 2.45) is 5.92 Å². The fourth-order valence-electron chi connectivity index (χ4n) is 5.12. The predicted molar refractivity (Wildman–Crippen MR) is 133 cm³/mol. The maximum absolute atomic E-state index is 13.1. The molecule has 2 aromatic heterocycles. The summed E-state index contributed by atoms with van der Waals surface area (Å²) >= 11 is 0. The molecule has 8 nitrogen and oxygen atoms in total. The topological polar surface area (TPSA) is 101 Å². The number of carbonyl (C=O) groups excluding carboxylic acids is 1. The summed E-state index contributed by atoms with van der Waals surface area (Å²) in [6.45, 7) is 7.12. The maximum Gasteiger partial charge on any atom is 0.281 e. The fourth-order valence-corrected chi connectivity index (χ4v) is 6.05. The second kappa shape index (κ2) is 9.90. The Balaban J connectivity index is 0.00000342. The van der Waals surface area contributed by atoms with Crippen LogP contribution in [0.25, 0.3) is 0 Å². The number of amides is 1. The third kappa shape index (κ3) is 5.51. The van der Waals surface area contributed by atoms with Gasteiger partial charge in [-0.05, 0) is 70.1 Å². The highest BCUT2D eigenvalue weighted by Gasteiger charge is 2.39. The van der Waals surface area contributed by atoms with E-state index in [1.165, 1.54) is 18.9 Å². The third-order valence-corrected chi connectivity index (χ3v) is 7.88. The van der Waals surface area contributed by atoms with Gasteiger partial charge in [-0.1, -0.05) is 25.8 Å². The van der Waals surface area contributed by atoms with Gasteiger partial charge >= 0.3 is 0 Å². The summed E-state index contributed by atoms with van der Waals surface area (Å²) < 4.78 is 34.2. The van der Waals surface area contributed by atoms with Gasteiger partial charge in [0.15, 0.2) is 5.03 Å². The highest BCUT2D eigenvalue weighted by atomic mass is 32.2. The number of rotatable bonds is 6. The Morgan fingerprint density at radius 2 is 1.88 bits per heavy atom. The van der Waals surface area contributed by atoms with Crippen LogP contribution >= 0.6 is 0 Å². The molecule has 0 bridgehead atoms. The standard InChI is InChI=1S/C25H34N4O4S.H2/c1-18-16-25(2,3)29(17-18)23-20(12-9-15-26-23)24(30)28-34(31,32)22-14-8-13-21(27-22)33-19-10-6-4-5-7-11-19;/h8-9,12-15,18-19H,4-7,10-11,16-17H2,1-3H3,(H,28,30);1H. The van der Waals surface area contributed by atoms with Gasteiger partial charge in [-0.15, -0.1) is 0 Å². The molecule has 4 rings (SSSR count). The average molecular weight is 489 g/mol. The number of hydrogen-bond donors (Lipinski definition) is 1. The summed E-state index contributed by atoms with van der Waals surface area (Å²) in [6.07, 6.45) is 9.06. The van der Waals surface area contributed by atoms with Crippen molar-refractivity contribution in [2.75, 3.05) is 11.4 Å². The van der Waals surface area contributed by atoms with E-state index in [0.29, 0.717) is 11.7 Å². The normalized spacial score (nSPS) is 21.1. The minimum atomic E-state index is -4.19. The Bertz CT molecular complexity index is 1130. The van der Waals surface area contributed by atoms with E-state index in [4.69, 9.17) is 4.74 Å². The number of hydrogen-bond acceptors (Lipinski definition) is 7. The molecule has 9 heteroatoms. The predicted octanol–water partition coefficient (Wildman–Crippen LogP) is 4.57. The minimum Gasteiger partial charge on any atom is -0.474 e. The summed E-state index contributed by atoms with van der Waals surface area (Å²) in [5.41, 5.74) is 0.0338. The number of nitrogens with zero attached hydrogens (tertiary/aromatic N) is 3. The third-order valence-electron chi connectivity index (χ3n) is 6.65. The SMILES string of the molecule is CC1CN(c2ncccc2C(=O)NS(=O)(=O)c2cccc(OC3CCCCCC3)n2)C(C)(C)C1.[HH]. The van der Waals surface area contributed by atoms with Gasteiger partial charge in [-0.2, -0.15) is 13.4 Å². The van der Waals surface area contributed by atoms with Crippen LogP contribution in [0.2, 0.25) is 0 Å². The van der Waals surface area contributed by atoms with E-state index < -0.39 is 15.9 Å². The van der Waals surface area contributed by atoms with Crippen LogP contribution in [0.15, 0.2) is 41.6 Å². The van der Waals surface area contributed by atoms with Gasteiger partial charge in [-0.25, -0.2) is 9.71 Å². The maximum atomic E-state index is 13.1. The first-order valence-electron chi connectivity index (χ1n) is 12.1. The molecule has 1 saturated heterocycles. The molecule has 0 aromatic carbocycles. The van der Waals surface area contributed by atoms with Crippen LogP contribution in [0.3, 0.4) is 0 Å². The Labute approximate surface area is 203 Å². The molecule has 1 amide bonds. The van der Waals surface area contributed by atoms with E-state index in [0.717, 1.165) is 38.6 Å². The van der Waals surface area contributed by atoms with E-state index in [-0.39, 0.29) is 29.5 Å². The van der Waals surface area contributed by atoms with Gasteiger partial charge < -0.3 is 9.64 Å². The van der Waals surface area contributed by atoms with E-state index in [9.17, 15) is 13.2 Å². The van der Waals surface area contributed by atoms with Crippen molar-refractivity contribution in [3.05, 3.63) is 42.1 Å². The van der Waals surface area contributed by atoms with Crippen LogP contribution in [0.1, 0.15) is 77.5 Å². The lowest BCUT2D eigenvalue weighted by Crippen LogP contribution is -2.41. The van der Waals surface area contributed by atoms with E-state index in [1.54, 1.807) is 30.5 Å². The summed E-state index contributed by atoms with van der Waals surface area (Å²) in [6, 6.07) is 7.84. The largest absolute Gasteiger partial charge is 0.474 e. The van der Waals surface area contributed by atoms with Crippen LogP contribution in [-0.2, 0) is 10.0 Å². The number of carbonyl (C=O) groups is 1. The monoisotopic (exact) mass is 488 g/mol. The highest BCUT2D eigenvalue weighted by Crippen LogP contribution is 2.37. The zero-order valence-corrected chi connectivity index (χ0v) is 21.0. The molecule has 186 valence electrons. The number of ether oxygens (including phenoxy) is 1. The van der Waals surface area contributed by atoms with E-state index >= 15 is 0 Å².